The zero-order chi connectivity index (χ0) is 12.8. The van der Waals surface area contributed by atoms with E-state index in [4.69, 9.17) is 9.26 Å². The van der Waals surface area contributed by atoms with E-state index in [-0.39, 0.29) is 11.8 Å². The molecule has 5 heteroatoms. The number of aliphatic hydroxyl groups is 1. The van der Waals surface area contributed by atoms with Crippen LogP contribution in [0.25, 0.3) is 0 Å². The van der Waals surface area contributed by atoms with Crippen molar-refractivity contribution in [1.82, 2.24) is 10.1 Å². The van der Waals surface area contributed by atoms with Crippen LogP contribution in [0.5, 0.6) is 0 Å². The van der Waals surface area contributed by atoms with Crippen LogP contribution < -0.4 is 0 Å². The standard InChI is InChI=1S/C12H22N2O3/c1-8(2)11(9(3)15)12-13-10(14-17-12)6-5-7-16-4/h8-9,11,15H,5-7H2,1-4H3. The van der Waals surface area contributed by atoms with Gasteiger partial charge in [0.05, 0.1) is 12.0 Å². The highest BCUT2D eigenvalue weighted by Gasteiger charge is 2.26. The zero-order valence-corrected chi connectivity index (χ0v) is 11.0. The largest absolute Gasteiger partial charge is 0.393 e. The summed E-state index contributed by atoms with van der Waals surface area (Å²) < 4.78 is 10.2. The summed E-state index contributed by atoms with van der Waals surface area (Å²) in [6.07, 6.45) is 1.13. The number of aliphatic hydroxyl groups excluding tert-OH is 1. The van der Waals surface area contributed by atoms with Crippen LogP contribution in [-0.2, 0) is 11.2 Å². The van der Waals surface area contributed by atoms with Gasteiger partial charge in [-0.2, -0.15) is 4.98 Å². The van der Waals surface area contributed by atoms with Gasteiger partial charge >= 0.3 is 0 Å². The Hall–Kier alpha value is -0.940. The average Bonchev–Trinajstić information content (AvgIpc) is 2.65. The third-order valence-corrected chi connectivity index (χ3v) is 2.76. The van der Waals surface area contributed by atoms with Gasteiger partial charge < -0.3 is 14.4 Å². The van der Waals surface area contributed by atoms with E-state index in [0.29, 0.717) is 18.3 Å². The molecule has 0 fully saturated rings. The van der Waals surface area contributed by atoms with Crippen LogP contribution in [0.3, 0.4) is 0 Å². The maximum absolute atomic E-state index is 9.71. The highest BCUT2D eigenvalue weighted by atomic mass is 16.5. The molecular formula is C12H22N2O3. The third kappa shape index (κ3) is 4.09. The topological polar surface area (TPSA) is 68.4 Å². The maximum atomic E-state index is 9.71. The van der Waals surface area contributed by atoms with Crippen molar-refractivity contribution in [2.24, 2.45) is 5.92 Å². The van der Waals surface area contributed by atoms with Gasteiger partial charge in [-0.25, -0.2) is 0 Å². The van der Waals surface area contributed by atoms with Crippen molar-refractivity contribution in [2.75, 3.05) is 13.7 Å². The lowest BCUT2D eigenvalue weighted by Crippen LogP contribution is -2.20. The van der Waals surface area contributed by atoms with Crippen LogP contribution in [0.2, 0.25) is 0 Å². The summed E-state index contributed by atoms with van der Waals surface area (Å²) in [5.41, 5.74) is 0. The summed E-state index contributed by atoms with van der Waals surface area (Å²) in [5, 5.41) is 13.6. The first-order valence-electron chi connectivity index (χ1n) is 6.05. The summed E-state index contributed by atoms with van der Waals surface area (Å²) in [6, 6.07) is 0. The van der Waals surface area contributed by atoms with Gasteiger partial charge in [0.1, 0.15) is 0 Å². The van der Waals surface area contributed by atoms with Crippen LogP contribution in [0.4, 0.5) is 0 Å². The first kappa shape index (κ1) is 14.1. The van der Waals surface area contributed by atoms with Crippen molar-refractivity contribution < 1.29 is 14.4 Å². The Morgan fingerprint density at radius 1 is 1.35 bits per heavy atom. The van der Waals surface area contributed by atoms with Gasteiger partial charge in [-0.1, -0.05) is 19.0 Å². The Kier molecular flexibility index (Phi) is 5.58. The summed E-state index contributed by atoms with van der Waals surface area (Å²) in [4.78, 5) is 4.33. The molecule has 1 N–H and O–H groups in total. The van der Waals surface area contributed by atoms with E-state index in [0.717, 1.165) is 12.8 Å². The third-order valence-electron chi connectivity index (χ3n) is 2.76. The lowest BCUT2D eigenvalue weighted by molar-refractivity contribution is 0.120. The van der Waals surface area contributed by atoms with Gasteiger partial charge in [-0.05, 0) is 19.3 Å². The van der Waals surface area contributed by atoms with Gasteiger partial charge in [0.25, 0.3) is 0 Å². The molecule has 98 valence electrons. The van der Waals surface area contributed by atoms with Gasteiger partial charge in [-0.3, -0.25) is 0 Å². The van der Waals surface area contributed by atoms with Crippen LogP contribution in [0.15, 0.2) is 4.52 Å². The van der Waals surface area contributed by atoms with Crippen LogP contribution in [0.1, 0.15) is 44.8 Å². The van der Waals surface area contributed by atoms with Crippen molar-refractivity contribution >= 4 is 0 Å². The molecule has 1 aromatic rings. The number of aryl methyl sites for hydroxylation is 1. The summed E-state index contributed by atoms with van der Waals surface area (Å²) in [5.74, 6) is 1.38. The van der Waals surface area contributed by atoms with Gasteiger partial charge in [-0.15, -0.1) is 0 Å². The van der Waals surface area contributed by atoms with E-state index in [2.05, 4.69) is 10.1 Å². The zero-order valence-electron chi connectivity index (χ0n) is 11.0. The molecule has 0 aliphatic carbocycles. The Labute approximate surface area is 102 Å². The van der Waals surface area contributed by atoms with E-state index in [9.17, 15) is 5.11 Å². The fraction of sp³-hybridized carbons (Fsp3) is 0.833. The van der Waals surface area contributed by atoms with Crippen molar-refractivity contribution in [2.45, 2.75) is 45.6 Å². The van der Waals surface area contributed by atoms with Crippen LogP contribution in [-0.4, -0.2) is 35.1 Å². The quantitative estimate of drug-likeness (QED) is 0.738. The fourth-order valence-corrected chi connectivity index (χ4v) is 1.93. The first-order valence-corrected chi connectivity index (χ1v) is 6.05. The average molecular weight is 242 g/mol. The minimum absolute atomic E-state index is 0.0984. The van der Waals surface area contributed by atoms with E-state index >= 15 is 0 Å². The predicted molar refractivity (Wildman–Crippen MR) is 63.8 cm³/mol. The van der Waals surface area contributed by atoms with Gasteiger partial charge in [0.2, 0.25) is 5.89 Å². The predicted octanol–water partition coefficient (Wildman–Crippen LogP) is 1.77. The molecule has 0 aromatic carbocycles. The molecule has 0 aliphatic heterocycles. The second-order valence-electron chi connectivity index (χ2n) is 4.66. The lowest BCUT2D eigenvalue weighted by Gasteiger charge is -2.19. The number of methoxy groups -OCH3 is 1. The SMILES string of the molecule is COCCCc1noc(C(C(C)C)C(C)O)n1. The Morgan fingerprint density at radius 3 is 2.59 bits per heavy atom. The molecule has 0 radical (unpaired) electrons. The van der Waals surface area contributed by atoms with Crippen LogP contribution >= 0.6 is 0 Å². The minimum atomic E-state index is -0.484. The number of hydrogen-bond acceptors (Lipinski definition) is 5. The Morgan fingerprint density at radius 2 is 2.06 bits per heavy atom. The summed E-state index contributed by atoms with van der Waals surface area (Å²) >= 11 is 0. The number of nitrogens with zero attached hydrogens (tertiary/aromatic N) is 2. The minimum Gasteiger partial charge on any atom is -0.393 e. The maximum Gasteiger partial charge on any atom is 0.232 e. The number of aromatic nitrogens is 2. The van der Waals surface area contributed by atoms with Crippen molar-refractivity contribution in [3.63, 3.8) is 0 Å². The first-order chi connectivity index (χ1) is 8.06. The molecule has 0 saturated carbocycles. The Balaban J connectivity index is 2.65. The molecule has 1 heterocycles. The van der Waals surface area contributed by atoms with E-state index in [1.165, 1.54) is 0 Å². The number of ether oxygens (including phenoxy) is 1. The Bertz CT molecular complexity index is 315. The molecule has 17 heavy (non-hydrogen) atoms. The smallest absolute Gasteiger partial charge is 0.232 e. The number of rotatable bonds is 7. The molecule has 0 bridgehead atoms. The monoisotopic (exact) mass is 242 g/mol. The molecule has 0 amide bonds. The molecule has 5 nitrogen and oxygen atoms in total. The van der Waals surface area contributed by atoms with E-state index in [1.807, 2.05) is 13.8 Å². The molecule has 2 unspecified atom stereocenters. The molecule has 1 aromatic heterocycles. The highest BCUT2D eigenvalue weighted by molar-refractivity contribution is 4.98. The molecule has 2 atom stereocenters. The van der Waals surface area contributed by atoms with Crippen molar-refractivity contribution in [3.05, 3.63) is 11.7 Å². The molecule has 0 aliphatic rings. The number of hydrogen-bond donors (Lipinski definition) is 1. The second-order valence-corrected chi connectivity index (χ2v) is 4.66. The molecule has 0 saturated heterocycles. The highest BCUT2D eigenvalue weighted by Crippen LogP contribution is 2.26. The fourth-order valence-electron chi connectivity index (χ4n) is 1.93. The van der Waals surface area contributed by atoms with Gasteiger partial charge in [0, 0.05) is 20.1 Å². The second kappa shape index (κ2) is 6.71. The van der Waals surface area contributed by atoms with Crippen molar-refractivity contribution in [1.29, 1.82) is 0 Å². The van der Waals surface area contributed by atoms with E-state index in [1.54, 1.807) is 14.0 Å². The molecule has 1 rings (SSSR count). The van der Waals surface area contributed by atoms with Crippen LogP contribution in [0, 0.1) is 5.92 Å². The summed E-state index contributed by atoms with van der Waals surface area (Å²) in [6.45, 7) is 6.51. The van der Waals surface area contributed by atoms with Gasteiger partial charge in [0.15, 0.2) is 5.82 Å². The van der Waals surface area contributed by atoms with E-state index < -0.39 is 6.10 Å². The lowest BCUT2D eigenvalue weighted by atomic mass is 9.91. The normalized spacial score (nSPS) is 15.2. The molecule has 0 spiro atoms. The molecular weight excluding hydrogens is 220 g/mol. The van der Waals surface area contributed by atoms with Crippen molar-refractivity contribution in [3.8, 4) is 0 Å². The summed E-state index contributed by atoms with van der Waals surface area (Å²) in [7, 11) is 1.67.